The number of hydrogen-bond donors (Lipinski definition) is 1. The predicted molar refractivity (Wildman–Crippen MR) is 94.1 cm³/mol. The molecular weight excluding hydrogens is 353 g/mol. The van der Waals surface area contributed by atoms with Gasteiger partial charge in [-0.15, -0.1) is 10.2 Å². The van der Waals surface area contributed by atoms with Gasteiger partial charge >= 0.3 is 0 Å². The number of H-pyrrole nitrogens is 1. The first kappa shape index (κ1) is 16.1. The standard InChI is InChI=1S/C16H11Cl2N3OS/c17-12-7-6-10(8-13(12)18)9-23-16-19-15(22)14(20-21-16)11-4-2-1-3-5-11/h1-8H,9H2,(H,19,21,22). The fourth-order valence-electron chi connectivity index (χ4n) is 1.95. The molecule has 0 saturated heterocycles. The highest BCUT2D eigenvalue weighted by Crippen LogP contribution is 2.26. The van der Waals surface area contributed by atoms with Gasteiger partial charge in [0.05, 0.1) is 10.0 Å². The summed E-state index contributed by atoms with van der Waals surface area (Å²) in [6.45, 7) is 0. The molecule has 0 aliphatic heterocycles. The van der Waals surface area contributed by atoms with Crippen LogP contribution in [0.25, 0.3) is 11.3 Å². The third-order valence-corrected chi connectivity index (χ3v) is 4.76. The second kappa shape index (κ2) is 7.17. The van der Waals surface area contributed by atoms with E-state index < -0.39 is 0 Å². The fourth-order valence-corrected chi connectivity index (χ4v) is 3.02. The summed E-state index contributed by atoms with van der Waals surface area (Å²) in [5, 5.41) is 9.58. The Morgan fingerprint density at radius 2 is 1.78 bits per heavy atom. The first-order valence-corrected chi connectivity index (χ1v) is 8.47. The van der Waals surface area contributed by atoms with E-state index in [-0.39, 0.29) is 5.56 Å². The topological polar surface area (TPSA) is 58.6 Å². The molecule has 2 aromatic carbocycles. The zero-order valence-corrected chi connectivity index (χ0v) is 14.1. The maximum absolute atomic E-state index is 12.1. The molecule has 0 fully saturated rings. The van der Waals surface area contributed by atoms with Crippen molar-refractivity contribution < 1.29 is 0 Å². The van der Waals surface area contributed by atoms with Gasteiger partial charge in [-0.2, -0.15) is 0 Å². The van der Waals surface area contributed by atoms with Crippen LogP contribution in [0.4, 0.5) is 0 Å². The van der Waals surface area contributed by atoms with E-state index in [2.05, 4.69) is 15.2 Å². The zero-order valence-electron chi connectivity index (χ0n) is 11.8. The van der Waals surface area contributed by atoms with Crippen LogP contribution in [0, 0.1) is 0 Å². The van der Waals surface area contributed by atoms with Crippen LogP contribution in [0.5, 0.6) is 0 Å². The molecule has 0 bridgehead atoms. The first-order valence-electron chi connectivity index (χ1n) is 6.72. The van der Waals surface area contributed by atoms with Crippen LogP contribution in [0.2, 0.25) is 10.0 Å². The number of halogens is 2. The molecule has 0 aliphatic carbocycles. The van der Waals surface area contributed by atoms with E-state index in [9.17, 15) is 4.79 Å². The number of aromatic nitrogens is 3. The quantitative estimate of drug-likeness (QED) is 0.696. The molecule has 0 atom stereocenters. The van der Waals surface area contributed by atoms with Gasteiger partial charge in [0.1, 0.15) is 0 Å². The average Bonchev–Trinajstić information content (AvgIpc) is 2.57. The van der Waals surface area contributed by atoms with Crippen LogP contribution < -0.4 is 5.56 Å². The van der Waals surface area contributed by atoms with E-state index in [4.69, 9.17) is 23.2 Å². The van der Waals surface area contributed by atoms with Gasteiger partial charge in [0.15, 0.2) is 10.9 Å². The van der Waals surface area contributed by atoms with E-state index in [1.54, 1.807) is 12.1 Å². The van der Waals surface area contributed by atoms with Crippen molar-refractivity contribution in [3.8, 4) is 11.3 Å². The molecule has 0 amide bonds. The molecule has 0 spiro atoms. The van der Waals surface area contributed by atoms with Crippen LogP contribution in [-0.2, 0) is 5.75 Å². The Hall–Kier alpha value is -1.82. The molecule has 0 radical (unpaired) electrons. The Bertz CT molecular complexity index is 884. The molecule has 116 valence electrons. The summed E-state index contributed by atoms with van der Waals surface area (Å²) in [4.78, 5) is 14.9. The fraction of sp³-hybridized carbons (Fsp3) is 0.0625. The van der Waals surface area contributed by atoms with Gasteiger partial charge in [0.2, 0.25) is 0 Å². The molecule has 0 saturated carbocycles. The number of thioether (sulfide) groups is 1. The number of nitrogens with zero attached hydrogens (tertiary/aromatic N) is 2. The number of nitrogens with one attached hydrogen (secondary N) is 1. The third kappa shape index (κ3) is 3.93. The van der Waals surface area contributed by atoms with Crippen LogP contribution in [0.3, 0.4) is 0 Å². The molecule has 1 N–H and O–H groups in total. The van der Waals surface area contributed by atoms with Crippen molar-refractivity contribution in [3.63, 3.8) is 0 Å². The Morgan fingerprint density at radius 1 is 1.00 bits per heavy atom. The summed E-state index contributed by atoms with van der Waals surface area (Å²) < 4.78 is 0. The molecule has 23 heavy (non-hydrogen) atoms. The van der Waals surface area contributed by atoms with E-state index in [1.165, 1.54) is 11.8 Å². The van der Waals surface area contributed by atoms with Gasteiger partial charge in [-0.05, 0) is 17.7 Å². The lowest BCUT2D eigenvalue weighted by atomic mass is 10.2. The van der Waals surface area contributed by atoms with E-state index >= 15 is 0 Å². The van der Waals surface area contributed by atoms with E-state index in [0.717, 1.165) is 11.1 Å². The highest BCUT2D eigenvalue weighted by atomic mass is 35.5. The third-order valence-electron chi connectivity index (χ3n) is 3.08. The molecule has 4 nitrogen and oxygen atoms in total. The van der Waals surface area contributed by atoms with Crippen molar-refractivity contribution in [2.75, 3.05) is 0 Å². The molecule has 3 aromatic rings. The molecule has 3 rings (SSSR count). The minimum Gasteiger partial charge on any atom is -0.298 e. The smallest absolute Gasteiger partial charge is 0.278 e. The highest BCUT2D eigenvalue weighted by molar-refractivity contribution is 7.98. The first-order chi connectivity index (χ1) is 11.1. The second-order valence-corrected chi connectivity index (χ2v) is 6.49. The lowest BCUT2D eigenvalue weighted by molar-refractivity contribution is 0.824. The lowest BCUT2D eigenvalue weighted by Crippen LogP contribution is -2.14. The average molecular weight is 364 g/mol. The van der Waals surface area contributed by atoms with Crippen LogP contribution in [-0.4, -0.2) is 15.2 Å². The molecule has 1 heterocycles. The van der Waals surface area contributed by atoms with Gasteiger partial charge in [-0.3, -0.25) is 9.78 Å². The predicted octanol–water partition coefficient (Wildman–Crippen LogP) is 4.43. The van der Waals surface area contributed by atoms with Crippen LogP contribution >= 0.6 is 35.0 Å². The Morgan fingerprint density at radius 3 is 2.48 bits per heavy atom. The van der Waals surface area contributed by atoms with Crippen molar-refractivity contribution in [2.45, 2.75) is 10.9 Å². The summed E-state index contributed by atoms with van der Waals surface area (Å²) in [7, 11) is 0. The molecule has 0 unspecified atom stereocenters. The Kier molecular flexibility index (Phi) is 5.00. The lowest BCUT2D eigenvalue weighted by Gasteiger charge is -2.04. The summed E-state index contributed by atoms with van der Waals surface area (Å²) in [6.07, 6.45) is 0. The minimum atomic E-state index is -0.261. The van der Waals surface area contributed by atoms with Gasteiger partial charge in [0, 0.05) is 11.3 Å². The van der Waals surface area contributed by atoms with Crippen LogP contribution in [0.1, 0.15) is 5.56 Å². The van der Waals surface area contributed by atoms with E-state index in [1.807, 2.05) is 36.4 Å². The highest BCUT2D eigenvalue weighted by Gasteiger charge is 2.08. The van der Waals surface area contributed by atoms with Gasteiger partial charge < -0.3 is 0 Å². The normalized spacial score (nSPS) is 10.7. The second-order valence-electron chi connectivity index (χ2n) is 4.71. The van der Waals surface area contributed by atoms with Crippen molar-refractivity contribution in [1.29, 1.82) is 0 Å². The van der Waals surface area contributed by atoms with Gasteiger partial charge in [0.25, 0.3) is 5.56 Å². The summed E-state index contributed by atoms with van der Waals surface area (Å²) in [5.74, 6) is 0.603. The zero-order chi connectivity index (χ0) is 16.2. The molecule has 7 heteroatoms. The van der Waals surface area contributed by atoms with Gasteiger partial charge in [-0.25, -0.2) is 0 Å². The van der Waals surface area contributed by atoms with Crippen molar-refractivity contribution >= 4 is 35.0 Å². The minimum absolute atomic E-state index is 0.261. The summed E-state index contributed by atoms with van der Waals surface area (Å²) >= 11 is 13.2. The monoisotopic (exact) mass is 363 g/mol. The summed E-state index contributed by atoms with van der Waals surface area (Å²) in [5.41, 5.74) is 1.77. The van der Waals surface area contributed by atoms with Gasteiger partial charge in [-0.1, -0.05) is 71.4 Å². The Balaban J connectivity index is 1.76. The maximum atomic E-state index is 12.1. The number of hydrogen-bond acceptors (Lipinski definition) is 4. The van der Waals surface area contributed by atoms with Crippen LogP contribution in [0.15, 0.2) is 58.5 Å². The summed E-state index contributed by atoms with van der Waals surface area (Å²) in [6, 6.07) is 14.6. The van der Waals surface area contributed by atoms with Crippen molar-refractivity contribution in [3.05, 3.63) is 74.5 Å². The van der Waals surface area contributed by atoms with Crippen molar-refractivity contribution in [2.24, 2.45) is 0 Å². The molecule has 0 aliphatic rings. The number of aromatic amines is 1. The van der Waals surface area contributed by atoms with Crippen molar-refractivity contribution in [1.82, 2.24) is 15.2 Å². The molecule has 1 aromatic heterocycles. The number of rotatable bonds is 4. The molecular formula is C16H11Cl2N3OS. The largest absolute Gasteiger partial charge is 0.298 e. The Labute approximate surface area is 146 Å². The SMILES string of the molecule is O=c1[nH]c(SCc2ccc(Cl)c(Cl)c2)nnc1-c1ccccc1. The van der Waals surface area contributed by atoms with E-state index in [0.29, 0.717) is 26.6 Å². The maximum Gasteiger partial charge on any atom is 0.278 e. The number of benzene rings is 2.